The highest BCUT2D eigenvalue weighted by molar-refractivity contribution is 7.80. The van der Waals surface area contributed by atoms with E-state index in [1.807, 2.05) is 24.0 Å². The summed E-state index contributed by atoms with van der Waals surface area (Å²) >= 11 is 5.56. The molecule has 0 aromatic heterocycles. The Morgan fingerprint density at radius 3 is 2.61 bits per heavy atom. The van der Waals surface area contributed by atoms with Gasteiger partial charge in [-0.25, -0.2) is 4.39 Å². The summed E-state index contributed by atoms with van der Waals surface area (Å²) in [7, 11) is 1.55. The van der Waals surface area contributed by atoms with E-state index in [2.05, 4.69) is 12.2 Å². The Hall–Kier alpha value is -2.93. The first kappa shape index (κ1) is 22.7. The van der Waals surface area contributed by atoms with E-state index in [0.717, 1.165) is 24.2 Å². The Morgan fingerprint density at radius 2 is 1.97 bits per heavy atom. The van der Waals surface area contributed by atoms with E-state index < -0.39 is 0 Å². The second-order valence-electron chi connectivity index (χ2n) is 7.38. The van der Waals surface area contributed by atoms with Crippen molar-refractivity contribution in [2.45, 2.75) is 39.8 Å². The number of halogens is 1. The number of methoxy groups -OCH3 is 1. The Bertz CT molecular complexity index is 1020. The molecule has 1 aliphatic heterocycles. The zero-order valence-electron chi connectivity index (χ0n) is 18.2. The van der Waals surface area contributed by atoms with Gasteiger partial charge in [0.15, 0.2) is 22.4 Å². The van der Waals surface area contributed by atoms with Crippen molar-refractivity contribution < 1.29 is 18.7 Å². The van der Waals surface area contributed by atoms with Gasteiger partial charge in [0.2, 0.25) is 0 Å². The predicted octanol–water partition coefficient (Wildman–Crippen LogP) is 4.92. The number of nitrogens with one attached hydrogen (secondary N) is 1. The van der Waals surface area contributed by atoms with E-state index in [4.69, 9.17) is 21.7 Å². The van der Waals surface area contributed by atoms with Crippen molar-refractivity contribution in [2.24, 2.45) is 0 Å². The molecule has 0 bridgehead atoms. The number of rotatable bonds is 8. The van der Waals surface area contributed by atoms with Gasteiger partial charge in [0.25, 0.3) is 0 Å². The van der Waals surface area contributed by atoms with Crippen molar-refractivity contribution in [3.8, 4) is 11.5 Å². The standard InChI is InChI=1S/C24H27FN2O3S/c1-5-12-27-15(2)22(16(3)28)23(26-24(27)31)17-10-11-20(21(13-17)29-4)30-14-18-8-6-7-9-19(18)25/h6-11,13,23H,5,12,14H2,1-4H3,(H,26,31). The monoisotopic (exact) mass is 442 g/mol. The zero-order chi connectivity index (χ0) is 22.5. The van der Waals surface area contributed by atoms with E-state index >= 15 is 0 Å². The summed E-state index contributed by atoms with van der Waals surface area (Å²) in [5, 5.41) is 3.89. The van der Waals surface area contributed by atoms with Gasteiger partial charge >= 0.3 is 0 Å². The fourth-order valence-electron chi connectivity index (χ4n) is 3.73. The van der Waals surface area contributed by atoms with Gasteiger partial charge in [-0.15, -0.1) is 0 Å². The summed E-state index contributed by atoms with van der Waals surface area (Å²) in [4.78, 5) is 14.5. The number of hydrogen-bond donors (Lipinski definition) is 1. The molecule has 1 heterocycles. The molecular formula is C24H27FN2O3S. The molecule has 164 valence electrons. The molecule has 2 aromatic rings. The van der Waals surface area contributed by atoms with Crippen LogP contribution in [0.15, 0.2) is 53.7 Å². The maximum atomic E-state index is 13.9. The van der Waals surface area contributed by atoms with E-state index in [-0.39, 0.29) is 24.2 Å². The van der Waals surface area contributed by atoms with Crippen molar-refractivity contribution in [1.82, 2.24) is 10.2 Å². The molecule has 2 aromatic carbocycles. The second-order valence-corrected chi connectivity index (χ2v) is 7.77. The molecule has 31 heavy (non-hydrogen) atoms. The first-order valence-corrected chi connectivity index (χ1v) is 10.6. The third kappa shape index (κ3) is 4.88. The van der Waals surface area contributed by atoms with Gasteiger partial charge < -0.3 is 19.7 Å². The number of thiocarbonyl (C=S) groups is 1. The second kappa shape index (κ2) is 9.92. The summed E-state index contributed by atoms with van der Waals surface area (Å²) in [6, 6.07) is 11.6. The molecule has 1 N–H and O–H groups in total. The number of Topliss-reactive ketones (excluding diaryl/α,β-unsaturated/α-hetero) is 1. The summed E-state index contributed by atoms with van der Waals surface area (Å²) in [6.07, 6.45) is 0.914. The van der Waals surface area contributed by atoms with E-state index in [0.29, 0.717) is 27.7 Å². The molecule has 1 atom stereocenters. The number of ketones is 1. The average Bonchev–Trinajstić information content (AvgIpc) is 2.75. The fourth-order valence-corrected chi connectivity index (χ4v) is 4.08. The van der Waals surface area contributed by atoms with Crippen LogP contribution in [0.5, 0.6) is 11.5 Å². The summed E-state index contributed by atoms with van der Waals surface area (Å²) < 4.78 is 25.2. The SMILES string of the molecule is CCCN1C(=S)NC(c2ccc(OCc3ccccc3F)c(OC)c2)C(C(C)=O)=C1C. The van der Waals surface area contributed by atoms with E-state index in [9.17, 15) is 9.18 Å². The van der Waals surface area contributed by atoms with Gasteiger partial charge in [-0.2, -0.15) is 0 Å². The Kier molecular flexibility index (Phi) is 7.28. The molecule has 0 saturated heterocycles. The molecule has 0 amide bonds. The highest BCUT2D eigenvalue weighted by Gasteiger charge is 2.32. The average molecular weight is 443 g/mol. The largest absolute Gasteiger partial charge is 0.493 e. The molecule has 5 nitrogen and oxygen atoms in total. The minimum atomic E-state index is -0.382. The minimum absolute atomic E-state index is 0.0163. The topological polar surface area (TPSA) is 50.8 Å². The molecule has 1 aliphatic rings. The number of hydrogen-bond acceptors (Lipinski definition) is 4. The van der Waals surface area contributed by atoms with Crippen LogP contribution in [-0.2, 0) is 11.4 Å². The van der Waals surface area contributed by atoms with Crippen molar-refractivity contribution >= 4 is 23.1 Å². The summed E-state index contributed by atoms with van der Waals surface area (Å²) in [6.45, 7) is 6.39. The van der Waals surface area contributed by atoms with E-state index in [1.165, 1.54) is 6.07 Å². The lowest BCUT2D eigenvalue weighted by molar-refractivity contribution is -0.114. The van der Waals surface area contributed by atoms with Crippen LogP contribution in [0.1, 0.15) is 44.4 Å². The van der Waals surface area contributed by atoms with Crippen LogP contribution < -0.4 is 14.8 Å². The van der Waals surface area contributed by atoms with Crippen LogP contribution in [0, 0.1) is 5.82 Å². The molecule has 0 fully saturated rings. The number of carbonyl (C=O) groups is 1. The fraction of sp³-hybridized carbons (Fsp3) is 0.333. The van der Waals surface area contributed by atoms with Gasteiger partial charge in [0.05, 0.1) is 13.2 Å². The molecule has 0 radical (unpaired) electrons. The van der Waals surface area contributed by atoms with Gasteiger partial charge in [-0.05, 0) is 56.2 Å². The molecule has 7 heteroatoms. The number of allylic oxidation sites excluding steroid dienone is 1. The third-order valence-electron chi connectivity index (χ3n) is 5.28. The van der Waals surface area contributed by atoms with Gasteiger partial charge in [0, 0.05) is 23.4 Å². The normalized spacial score (nSPS) is 16.2. The Labute approximate surface area is 187 Å². The quantitative estimate of drug-likeness (QED) is 0.586. The van der Waals surface area contributed by atoms with Crippen LogP contribution in [-0.4, -0.2) is 29.5 Å². The lowest BCUT2D eigenvalue weighted by Gasteiger charge is -2.37. The predicted molar refractivity (Wildman–Crippen MR) is 123 cm³/mol. The highest BCUT2D eigenvalue weighted by Crippen LogP contribution is 2.36. The number of benzene rings is 2. The van der Waals surface area contributed by atoms with Crippen molar-refractivity contribution in [3.05, 3.63) is 70.7 Å². The maximum absolute atomic E-state index is 13.9. The van der Waals surface area contributed by atoms with Gasteiger partial charge in [-0.1, -0.05) is 31.2 Å². The molecule has 0 saturated carbocycles. The molecular weight excluding hydrogens is 415 g/mol. The third-order valence-corrected chi connectivity index (χ3v) is 5.62. The Balaban J connectivity index is 1.91. The smallest absolute Gasteiger partial charge is 0.173 e. The highest BCUT2D eigenvalue weighted by atomic mass is 32.1. The van der Waals surface area contributed by atoms with Crippen LogP contribution in [0.4, 0.5) is 4.39 Å². The minimum Gasteiger partial charge on any atom is -0.493 e. The van der Waals surface area contributed by atoms with E-state index in [1.54, 1.807) is 38.3 Å². The van der Waals surface area contributed by atoms with Crippen molar-refractivity contribution in [1.29, 1.82) is 0 Å². The lowest BCUT2D eigenvalue weighted by atomic mass is 9.92. The van der Waals surface area contributed by atoms with Crippen LogP contribution in [0.3, 0.4) is 0 Å². The molecule has 3 rings (SSSR count). The van der Waals surface area contributed by atoms with Gasteiger partial charge in [0.1, 0.15) is 12.4 Å². The Morgan fingerprint density at radius 1 is 1.23 bits per heavy atom. The first-order valence-electron chi connectivity index (χ1n) is 10.2. The molecule has 0 aliphatic carbocycles. The van der Waals surface area contributed by atoms with Crippen LogP contribution in [0.25, 0.3) is 0 Å². The maximum Gasteiger partial charge on any atom is 0.173 e. The van der Waals surface area contributed by atoms with Crippen LogP contribution in [0.2, 0.25) is 0 Å². The zero-order valence-corrected chi connectivity index (χ0v) is 19.0. The van der Waals surface area contributed by atoms with Crippen LogP contribution >= 0.6 is 12.2 Å². The van der Waals surface area contributed by atoms with Gasteiger partial charge in [-0.3, -0.25) is 4.79 Å². The lowest BCUT2D eigenvalue weighted by Crippen LogP contribution is -2.47. The molecule has 0 spiro atoms. The van der Waals surface area contributed by atoms with Crippen molar-refractivity contribution in [3.63, 3.8) is 0 Å². The molecule has 1 unspecified atom stereocenters. The number of carbonyl (C=O) groups excluding carboxylic acids is 1. The summed E-state index contributed by atoms with van der Waals surface area (Å²) in [5.41, 5.74) is 2.82. The first-order chi connectivity index (χ1) is 14.9. The summed E-state index contributed by atoms with van der Waals surface area (Å²) in [5.74, 6) is 0.655. The number of nitrogens with zero attached hydrogens (tertiary/aromatic N) is 1. The van der Waals surface area contributed by atoms with Crippen molar-refractivity contribution in [2.75, 3.05) is 13.7 Å². The number of ether oxygens (including phenoxy) is 2.